The van der Waals surface area contributed by atoms with Gasteiger partial charge in [-0.05, 0) is 76.7 Å². The number of carbonyl (C=O) groups excluding carboxylic acids is 3. The fraction of sp³-hybridized carbons (Fsp3) is 0.707. The molecule has 0 heterocycles. The van der Waals surface area contributed by atoms with E-state index in [9.17, 15) is 19.2 Å². The van der Waals surface area contributed by atoms with Crippen molar-refractivity contribution in [3.05, 3.63) is 48.6 Å². The van der Waals surface area contributed by atoms with Gasteiger partial charge < -0.3 is 25.6 Å². The average Bonchev–Trinajstić information content (AvgIpc) is 3.10. The smallest absolute Gasteiger partial charge is 0.328 e. The monoisotopic (exact) mass is 703 g/mol. The van der Waals surface area contributed by atoms with Gasteiger partial charge >= 0.3 is 11.9 Å². The third-order valence-electron chi connectivity index (χ3n) is 8.26. The molecule has 0 aliphatic carbocycles. The predicted octanol–water partition coefficient (Wildman–Crippen LogP) is 8.81. The third kappa shape index (κ3) is 32.0. The molecule has 50 heavy (non-hydrogen) atoms. The van der Waals surface area contributed by atoms with Gasteiger partial charge in [-0.25, -0.2) is 4.79 Å². The first kappa shape index (κ1) is 46.8. The van der Waals surface area contributed by atoms with Crippen LogP contribution in [0.4, 0.5) is 0 Å². The minimum Gasteiger partial charge on any atom is -0.480 e. The van der Waals surface area contributed by atoms with Crippen LogP contribution in [0, 0.1) is 0 Å². The quantitative estimate of drug-likeness (QED) is 0.0298. The number of hydrogen-bond donors (Lipinski definition) is 4. The number of unbranched alkanes of at least 4 members (excludes halogenated alkanes) is 14. The van der Waals surface area contributed by atoms with Gasteiger partial charge in [-0.15, -0.1) is 0 Å². The Bertz CT molecular complexity index is 989. The second-order valence-electron chi connectivity index (χ2n) is 13.0. The summed E-state index contributed by atoms with van der Waals surface area (Å²) in [6, 6.07) is -1.38. The molecule has 0 aromatic rings. The Morgan fingerprint density at radius 2 is 1.18 bits per heavy atom. The second-order valence-corrected chi connectivity index (χ2v) is 13.0. The number of aliphatic hydroxyl groups excluding tert-OH is 1. The van der Waals surface area contributed by atoms with Crippen LogP contribution in [0.25, 0.3) is 0 Å². The number of carbonyl (C=O) groups is 4. The van der Waals surface area contributed by atoms with Crippen molar-refractivity contribution in [3.63, 3.8) is 0 Å². The summed E-state index contributed by atoms with van der Waals surface area (Å²) in [5.41, 5.74) is 0. The van der Waals surface area contributed by atoms with Gasteiger partial charge in [0.15, 0.2) is 0 Å². The molecule has 0 saturated carbocycles. The number of amides is 2. The van der Waals surface area contributed by atoms with Gasteiger partial charge in [0.05, 0.1) is 13.2 Å². The molecule has 0 bridgehead atoms. The fourth-order valence-electron chi connectivity index (χ4n) is 5.23. The normalized spacial score (nSPS) is 13.0. The minimum atomic E-state index is -1.38. The van der Waals surface area contributed by atoms with Crippen molar-refractivity contribution in [3.8, 4) is 0 Å². The van der Waals surface area contributed by atoms with Crippen LogP contribution in [-0.2, 0) is 23.9 Å². The zero-order valence-corrected chi connectivity index (χ0v) is 31.4. The van der Waals surface area contributed by atoms with Crippen molar-refractivity contribution < 1.29 is 34.1 Å². The summed E-state index contributed by atoms with van der Waals surface area (Å²) in [7, 11) is 0. The number of aliphatic hydroxyl groups is 1. The first-order valence-corrected chi connectivity index (χ1v) is 19.5. The summed E-state index contributed by atoms with van der Waals surface area (Å²) >= 11 is 0. The highest BCUT2D eigenvalue weighted by molar-refractivity contribution is 5.87. The van der Waals surface area contributed by atoms with Crippen LogP contribution in [0.5, 0.6) is 0 Å². The topological polar surface area (TPSA) is 142 Å². The number of carboxylic acid groups (broad SMARTS) is 1. The second kappa shape index (κ2) is 35.6. The Labute approximate surface area is 303 Å². The molecule has 0 fully saturated rings. The number of esters is 1. The summed E-state index contributed by atoms with van der Waals surface area (Å²) in [6.07, 6.45) is 40.1. The average molecular weight is 703 g/mol. The molecular formula is C41H70N2O7. The SMILES string of the molecule is CCC/C=C\C/C=C\CCCCCCCC(=O)OC(/C=C\C/C=C\CCCCC)CCCCCCCCC(=O)NCC(=O)NC(CO)C(=O)O. The molecule has 0 aliphatic rings. The first-order valence-electron chi connectivity index (χ1n) is 19.5. The zero-order valence-electron chi connectivity index (χ0n) is 31.4. The van der Waals surface area contributed by atoms with Crippen LogP contribution < -0.4 is 10.6 Å². The standard InChI is InChI=1S/C41H70N2O7/c1-3-5-7-9-11-13-14-15-16-17-19-25-29-33-40(47)50-36(30-26-22-18-12-10-8-6-4-2)31-27-23-20-21-24-28-32-38(45)42-34-39(46)43-37(35-44)41(48)49/h7,9,12-14,18,26,30,36-37,44H,3-6,8,10-11,15-17,19-25,27-29,31-35H2,1-2H3,(H,42,45)(H,43,46)(H,48,49)/b9-7-,14-13-,18-12-,30-26-. The van der Waals surface area contributed by atoms with E-state index >= 15 is 0 Å². The molecule has 2 unspecified atom stereocenters. The lowest BCUT2D eigenvalue weighted by atomic mass is 10.1. The maximum atomic E-state index is 12.7. The van der Waals surface area contributed by atoms with Gasteiger partial charge in [-0.1, -0.05) is 121 Å². The molecule has 9 heteroatoms. The molecule has 9 nitrogen and oxygen atoms in total. The number of ether oxygens (including phenoxy) is 1. The van der Waals surface area contributed by atoms with E-state index in [0.29, 0.717) is 19.3 Å². The van der Waals surface area contributed by atoms with E-state index in [1.165, 1.54) is 38.5 Å². The third-order valence-corrected chi connectivity index (χ3v) is 8.26. The van der Waals surface area contributed by atoms with E-state index in [2.05, 4.69) is 67.0 Å². The van der Waals surface area contributed by atoms with Crippen LogP contribution in [0.15, 0.2) is 48.6 Å². The Morgan fingerprint density at radius 1 is 0.620 bits per heavy atom. The number of hydrogen-bond acceptors (Lipinski definition) is 6. The van der Waals surface area contributed by atoms with Crippen LogP contribution >= 0.6 is 0 Å². The molecule has 0 radical (unpaired) electrons. The van der Waals surface area contributed by atoms with Crippen molar-refractivity contribution >= 4 is 23.8 Å². The number of nitrogens with one attached hydrogen (secondary N) is 2. The molecule has 0 aromatic carbocycles. The molecule has 0 spiro atoms. The number of allylic oxidation sites excluding steroid dienone is 7. The molecule has 0 aliphatic heterocycles. The summed E-state index contributed by atoms with van der Waals surface area (Å²) < 4.78 is 5.89. The van der Waals surface area contributed by atoms with Gasteiger partial charge in [-0.2, -0.15) is 0 Å². The summed E-state index contributed by atoms with van der Waals surface area (Å²) in [4.78, 5) is 47.3. The van der Waals surface area contributed by atoms with Crippen LogP contribution in [0.1, 0.15) is 162 Å². The van der Waals surface area contributed by atoms with Crippen LogP contribution in [-0.4, -0.2) is 59.3 Å². The Morgan fingerprint density at radius 3 is 1.80 bits per heavy atom. The highest BCUT2D eigenvalue weighted by atomic mass is 16.5. The summed E-state index contributed by atoms with van der Waals surface area (Å²) in [5.74, 6) is -2.37. The van der Waals surface area contributed by atoms with E-state index in [0.717, 1.165) is 89.9 Å². The Balaban J connectivity index is 4.31. The summed E-state index contributed by atoms with van der Waals surface area (Å²) in [6.45, 7) is 3.36. The van der Waals surface area contributed by atoms with E-state index in [1.54, 1.807) is 0 Å². The van der Waals surface area contributed by atoms with Crippen molar-refractivity contribution in [2.75, 3.05) is 13.2 Å². The fourth-order valence-corrected chi connectivity index (χ4v) is 5.23. The highest BCUT2D eigenvalue weighted by Gasteiger charge is 2.18. The van der Waals surface area contributed by atoms with Crippen LogP contribution in [0.3, 0.4) is 0 Å². The first-order chi connectivity index (χ1) is 24.3. The number of carboxylic acids is 1. The molecule has 4 N–H and O–H groups in total. The molecule has 286 valence electrons. The van der Waals surface area contributed by atoms with Gasteiger partial charge in [0, 0.05) is 12.8 Å². The van der Waals surface area contributed by atoms with Crippen molar-refractivity contribution in [2.45, 2.75) is 174 Å². The van der Waals surface area contributed by atoms with Crippen molar-refractivity contribution in [1.82, 2.24) is 10.6 Å². The van der Waals surface area contributed by atoms with Crippen LogP contribution in [0.2, 0.25) is 0 Å². The zero-order chi connectivity index (χ0) is 36.9. The van der Waals surface area contributed by atoms with Gasteiger partial charge in [-0.3, -0.25) is 14.4 Å². The molecule has 2 atom stereocenters. The lowest BCUT2D eigenvalue weighted by Gasteiger charge is -2.15. The number of aliphatic carboxylic acids is 1. The largest absolute Gasteiger partial charge is 0.480 e. The Kier molecular flexibility index (Phi) is 33.3. The lowest BCUT2D eigenvalue weighted by Crippen LogP contribution is -2.47. The van der Waals surface area contributed by atoms with E-state index in [-0.39, 0.29) is 24.5 Å². The maximum absolute atomic E-state index is 12.7. The molecule has 0 saturated heterocycles. The van der Waals surface area contributed by atoms with E-state index in [4.69, 9.17) is 14.9 Å². The minimum absolute atomic E-state index is 0.111. The van der Waals surface area contributed by atoms with E-state index in [1.807, 2.05) is 6.08 Å². The van der Waals surface area contributed by atoms with Crippen molar-refractivity contribution in [1.29, 1.82) is 0 Å². The maximum Gasteiger partial charge on any atom is 0.328 e. The lowest BCUT2D eigenvalue weighted by molar-refractivity contribution is -0.147. The molecule has 0 aromatic heterocycles. The predicted molar refractivity (Wildman–Crippen MR) is 204 cm³/mol. The Hall–Kier alpha value is -3.20. The molecule has 2 amide bonds. The molecule has 0 rings (SSSR count). The van der Waals surface area contributed by atoms with Gasteiger partial charge in [0.2, 0.25) is 11.8 Å². The molecular weight excluding hydrogens is 632 g/mol. The van der Waals surface area contributed by atoms with Gasteiger partial charge in [0.1, 0.15) is 12.1 Å². The summed E-state index contributed by atoms with van der Waals surface area (Å²) in [5, 5.41) is 22.5. The highest BCUT2D eigenvalue weighted by Crippen LogP contribution is 2.15. The van der Waals surface area contributed by atoms with E-state index < -0.39 is 24.5 Å². The number of rotatable bonds is 34. The van der Waals surface area contributed by atoms with Crippen molar-refractivity contribution in [2.24, 2.45) is 0 Å². The van der Waals surface area contributed by atoms with Gasteiger partial charge in [0.25, 0.3) is 0 Å².